The summed E-state index contributed by atoms with van der Waals surface area (Å²) < 4.78 is 60.0. The quantitative estimate of drug-likeness (QED) is 0.484. The molecule has 2 aliphatic heterocycles. The monoisotopic (exact) mass is 456 g/mol. The van der Waals surface area contributed by atoms with Crippen LogP contribution in [-0.4, -0.2) is 49.4 Å². The Labute approximate surface area is 201 Å². The van der Waals surface area contributed by atoms with E-state index in [-0.39, 0.29) is 58.7 Å². The summed E-state index contributed by atoms with van der Waals surface area (Å²) in [6.07, 6.45) is 1.62. The average molecular weight is 456 g/mol. The average Bonchev–Trinajstić information content (AvgIpc) is 3.11. The van der Waals surface area contributed by atoms with Crippen LogP contribution < -0.4 is 44.3 Å². The summed E-state index contributed by atoms with van der Waals surface area (Å²) in [4.78, 5) is 14.5. The second kappa shape index (κ2) is 8.79. The summed E-state index contributed by atoms with van der Waals surface area (Å²) >= 11 is 0. The van der Waals surface area contributed by atoms with Crippen LogP contribution in [0, 0.1) is 5.82 Å². The van der Waals surface area contributed by atoms with Crippen LogP contribution in [0.1, 0.15) is 22.3 Å². The SMILES string of the molecule is COc1cc2c(cc1OC)C(=O)N1C=C(c3ccc(F)cc3)C[C@H]1[C@H](S(=O)(=O)[O-])N2.[Na+]. The summed E-state index contributed by atoms with van der Waals surface area (Å²) in [5.41, 5.74) is 1.55. The Balaban J connectivity index is 0.00000272. The molecule has 11 heteroatoms. The number of carbonyl (C=O) groups excluding carboxylic acids is 1. The molecule has 31 heavy (non-hydrogen) atoms. The molecule has 8 nitrogen and oxygen atoms in total. The zero-order valence-electron chi connectivity index (χ0n) is 17.1. The molecule has 2 heterocycles. The van der Waals surface area contributed by atoms with Crippen molar-refractivity contribution < 1.29 is 61.2 Å². The van der Waals surface area contributed by atoms with E-state index in [4.69, 9.17) is 9.47 Å². The largest absolute Gasteiger partial charge is 1.00 e. The standard InChI is InChI=1S/C20H19FN2O6S.Na/c1-28-17-8-14-15(9-18(17)29-2)22-19(30(25,26)27)16-7-12(10-23(16)20(14)24)11-3-5-13(21)6-4-11;/h3-6,8-10,16,19,22H,7H2,1-2H3,(H,25,26,27);/q;+1/p-1/t16-,19-;/m0./s1. The second-order valence-corrected chi connectivity index (χ2v) is 8.45. The number of benzene rings is 2. The van der Waals surface area contributed by atoms with E-state index in [1.165, 1.54) is 61.7 Å². The number of hydrogen-bond acceptors (Lipinski definition) is 7. The van der Waals surface area contributed by atoms with Gasteiger partial charge < -0.3 is 24.2 Å². The summed E-state index contributed by atoms with van der Waals surface area (Å²) in [5, 5.41) is 1.13. The molecule has 0 fully saturated rings. The molecule has 2 aromatic rings. The Hall–Kier alpha value is -2.11. The molecular formula is C20H18FN2NaO6S. The number of fused-ring (bicyclic) bond motifs is 2. The number of halogens is 1. The second-order valence-electron chi connectivity index (χ2n) is 6.96. The first kappa shape index (κ1) is 23.6. The van der Waals surface area contributed by atoms with Gasteiger partial charge in [0.05, 0.1) is 31.5 Å². The van der Waals surface area contributed by atoms with Crippen LogP contribution in [-0.2, 0) is 10.1 Å². The topological polar surface area (TPSA) is 108 Å². The van der Waals surface area contributed by atoms with Gasteiger partial charge in [0.2, 0.25) is 0 Å². The Morgan fingerprint density at radius 3 is 2.32 bits per heavy atom. The van der Waals surface area contributed by atoms with E-state index in [1.54, 1.807) is 0 Å². The van der Waals surface area contributed by atoms with Gasteiger partial charge in [0, 0.05) is 12.3 Å². The Bertz CT molecular complexity index is 1150. The molecule has 0 radical (unpaired) electrons. The van der Waals surface area contributed by atoms with Crippen molar-refractivity contribution >= 4 is 27.3 Å². The maximum atomic E-state index is 13.3. The normalized spacial score (nSPS) is 19.9. The number of nitrogens with one attached hydrogen (secondary N) is 1. The maximum Gasteiger partial charge on any atom is 1.00 e. The number of nitrogens with zero attached hydrogens (tertiary/aromatic N) is 1. The molecule has 1 N–H and O–H groups in total. The van der Waals surface area contributed by atoms with Gasteiger partial charge in [-0.3, -0.25) is 4.79 Å². The number of hydrogen-bond donors (Lipinski definition) is 1. The van der Waals surface area contributed by atoms with Crippen LogP contribution in [0.2, 0.25) is 0 Å². The van der Waals surface area contributed by atoms with Crippen LogP contribution in [0.15, 0.2) is 42.6 Å². The third-order valence-electron chi connectivity index (χ3n) is 5.24. The molecule has 4 rings (SSSR count). The summed E-state index contributed by atoms with van der Waals surface area (Å²) in [6.45, 7) is 0. The van der Waals surface area contributed by atoms with E-state index in [0.717, 1.165) is 0 Å². The van der Waals surface area contributed by atoms with Crippen molar-refractivity contribution in [1.82, 2.24) is 4.90 Å². The van der Waals surface area contributed by atoms with Gasteiger partial charge in [-0.2, -0.15) is 0 Å². The molecule has 0 spiro atoms. The van der Waals surface area contributed by atoms with Gasteiger partial charge >= 0.3 is 29.6 Å². The van der Waals surface area contributed by atoms with Crippen molar-refractivity contribution in [3.63, 3.8) is 0 Å². The molecule has 0 bridgehead atoms. The predicted molar refractivity (Wildman–Crippen MR) is 106 cm³/mol. The van der Waals surface area contributed by atoms with Crippen LogP contribution >= 0.6 is 0 Å². The molecule has 0 unspecified atom stereocenters. The molecular weight excluding hydrogens is 438 g/mol. The van der Waals surface area contributed by atoms with Gasteiger partial charge in [-0.15, -0.1) is 0 Å². The molecule has 0 saturated carbocycles. The summed E-state index contributed by atoms with van der Waals surface area (Å²) in [7, 11) is -2.02. The van der Waals surface area contributed by atoms with Gasteiger partial charge in [0.15, 0.2) is 11.5 Å². The van der Waals surface area contributed by atoms with Crippen molar-refractivity contribution in [3.8, 4) is 11.5 Å². The zero-order valence-corrected chi connectivity index (χ0v) is 19.9. The van der Waals surface area contributed by atoms with Crippen molar-refractivity contribution in [1.29, 1.82) is 0 Å². The van der Waals surface area contributed by atoms with E-state index in [1.807, 2.05) is 0 Å². The number of rotatable bonds is 4. The molecule has 2 atom stereocenters. The van der Waals surface area contributed by atoms with E-state index in [9.17, 15) is 22.2 Å². The number of carbonyl (C=O) groups is 1. The third-order valence-corrected chi connectivity index (χ3v) is 6.30. The first-order chi connectivity index (χ1) is 14.2. The van der Waals surface area contributed by atoms with Crippen molar-refractivity contribution in [3.05, 3.63) is 59.5 Å². The number of amides is 1. The fourth-order valence-corrected chi connectivity index (χ4v) is 4.67. The minimum Gasteiger partial charge on any atom is -0.746 e. The third kappa shape index (κ3) is 4.31. The fourth-order valence-electron chi connectivity index (χ4n) is 3.79. The van der Waals surface area contributed by atoms with Gasteiger partial charge in [0.1, 0.15) is 21.3 Å². The molecule has 0 aromatic heterocycles. The first-order valence-corrected chi connectivity index (χ1v) is 10.5. The Morgan fingerprint density at radius 2 is 1.74 bits per heavy atom. The van der Waals surface area contributed by atoms with Crippen LogP contribution in [0.5, 0.6) is 11.5 Å². The fraction of sp³-hybridized carbons (Fsp3) is 0.250. The molecule has 0 aliphatic carbocycles. The van der Waals surface area contributed by atoms with Crippen LogP contribution in [0.3, 0.4) is 0 Å². The Morgan fingerprint density at radius 1 is 1.13 bits per heavy atom. The van der Waals surface area contributed by atoms with Gasteiger partial charge in [-0.05, 0) is 35.8 Å². The van der Waals surface area contributed by atoms with Gasteiger partial charge in [-0.25, -0.2) is 12.8 Å². The van der Waals surface area contributed by atoms with Gasteiger partial charge in [-0.1, -0.05) is 12.1 Å². The van der Waals surface area contributed by atoms with Crippen molar-refractivity contribution in [2.45, 2.75) is 17.8 Å². The maximum absolute atomic E-state index is 13.3. The molecule has 1 amide bonds. The van der Waals surface area contributed by atoms with Gasteiger partial charge in [0.25, 0.3) is 5.91 Å². The number of ether oxygens (including phenoxy) is 2. The number of anilines is 1. The zero-order chi connectivity index (χ0) is 21.6. The smallest absolute Gasteiger partial charge is 0.746 e. The van der Waals surface area contributed by atoms with Crippen molar-refractivity contribution in [2.75, 3.05) is 19.5 Å². The molecule has 158 valence electrons. The number of methoxy groups -OCH3 is 2. The minimum atomic E-state index is -4.84. The molecule has 2 aromatic carbocycles. The van der Waals surface area contributed by atoms with Crippen LogP contribution in [0.4, 0.5) is 10.1 Å². The van der Waals surface area contributed by atoms with E-state index in [0.29, 0.717) is 11.1 Å². The Kier molecular flexibility index (Phi) is 6.68. The molecule has 2 aliphatic rings. The predicted octanol–water partition coefficient (Wildman–Crippen LogP) is -0.601. The van der Waals surface area contributed by atoms with Crippen LogP contribution in [0.25, 0.3) is 5.57 Å². The first-order valence-electron chi connectivity index (χ1n) is 8.99. The van der Waals surface area contributed by atoms with E-state index in [2.05, 4.69) is 5.32 Å². The molecule has 0 saturated heterocycles. The van der Waals surface area contributed by atoms with Crippen molar-refractivity contribution in [2.24, 2.45) is 0 Å². The van der Waals surface area contributed by atoms with E-state index >= 15 is 0 Å². The summed E-state index contributed by atoms with van der Waals surface area (Å²) in [6, 6.07) is 7.51. The minimum absolute atomic E-state index is 0. The summed E-state index contributed by atoms with van der Waals surface area (Å²) in [5.74, 6) is -0.345. The van der Waals surface area contributed by atoms with E-state index < -0.39 is 33.3 Å².